The lowest BCUT2D eigenvalue weighted by molar-refractivity contribution is -0.114. The van der Waals surface area contributed by atoms with Crippen LogP contribution >= 0.6 is 22.6 Å². The highest BCUT2D eigenvalue weighted by Crippen LogP contribution is 2.20. The Balaban J connectivity index is 2.97. The van der Waals surface area contributed by atoms with E-state index >= 15 is 0 Å². The molecule has 0 saturated heterocycles. The molecule has 80 valence electrons. The number of amides is 1. The van der Waals surface area contributed by atoms with E-state index in [0.29, 0.717) is 12.0 Å². The molecule has 0 heterocycles. The van der Waals surface area contributed by atoms with Gasteiger partial charge in [-0.3, -0.25) is 9.59 Å². The van der Waals surface area contributed by atoms with Crippen molar-refractivity contribution in [2.24, 2.45) is 0 Å². The van der Waals surface area contributed by atoms with Crippen molar-refractivity contribution in [1.29, 1.82) is 0 Å². The van der Waals surface area contributed by atoms with Gasteiger partial charge in [0.2, 0.25) is 5.91 Å². The molecule has 1 rings (SSSR count). The van der Waals surface area contributed by atoms with Gasteiger partial charge in [-0.25, -0.2) is 0 Å². The second-order valence-electron chi connectivity index (χ2n) is 3.15. The molecule has 0 fully saturated rings. The second-order valence-corrected chi connectivity index (χ2v) is 4.31. The number of hydrogen-bond donors (Lipinski definition) is 1. The zero-order valence-corrected chi connectivity index (χ0v) is 10.8. The Kier molecular flexibility index (Phi) is 4.26. The predicted octanol–water partition coefficient (Wildman–Crippen LogP) is 2.84. The van der Waals surface area contributed by atoms with Crippen LogP contribution in [0, 0.1) is 3.57 Å². The number of anilines is 1. The summed E-state index contributed by atoms with van der Waals surface area (Å²) in [7, 11) is 0. The maximum atomic E-state index is 11.4. The SMILES string of the molecule is CCC(=O)c1ccc(NC(C)=O)c(I)c1. The minimum Gasteiger partial charge on any atom is -0.325 e. The molecule has 1 aromatic rings. The molecular weight excluding hydrogens is 305 g/mol. The predicted molar refractivity (Wildman–Crippen MR) is 68.1 cm³/mol. The molecule has 0 saturated carbocycles. The van der Waals surface area contributed by atoms with Crippen LogP contribution in [0.25, 0.3) is 0 Å². The zero-order valence-electron chi connectivity index (χ0n) is 8.63. The molecule has 4 heteroatoms. The van der Waals surface area contributed by atoms with Crippen LogP contribution in [0.2, 0.25) is 0 Å². The molecule has 0 spiro atoms. The Labute approximate surface area is 102 Å². The van der Waals surface area contributed by atoms with Crippen LogP contribution in [0.15, 0.2) is 18.2 Å². The van der Waals surface area contributed by atoms with E-state index in [0.717, 1.165) is 9.26 Å². The Bertz CT molecular complexity index is 402. The minimum absolute atomic E-state index is 0.109. The molecule has 1 amide bonds. The first-order valence-corrected chi connectivity index (χ1v) is 5.72. The lowest BCUT2D eigenvalue weighted by Crippen LogP contribution is -2.08. The van der Waals surface area contributed by atoms with Crippen molar-refractivity contribution in [2.45, 2.75) is 20.3 Å². The summed E-state index contributed by atoms with van der Waals surface area (Å²) in [5.41, 5.74) is 1.44. The number of carbonyl (C=O) groups is 2. The highest BCUT2D eigenvalue weighted by Gasteiger charge is 2.07. The fourth-order valence-electron chi connectivity index (χ4n) is 1.18. The molecule has 0 unspecified atom stereocenters. The number of ketones is 1. The number of nitrogens with one attached hydrogen (secondary N) is 1. The highest BCUT2D eigenvalue weighted by atomic mass is 127. The molecule has 0 bridgehead atoms. The van der Waals surface area contributed by atoms with Gasteiger partial charge in [0.25, 0.3) is 0 Å². The summed E-state index contributed by atoms with van der Waals surface area (Å²) in [4.78, 5) is 22.3. The molecule has 0 aliphatic heterocycles. The van der Waals surface area contributed by atoms with Gasteiger partial charge < -0.3 is 5.32 Å². The molecule has 0 aliphatic rings. The molecule has 0 aliphatic carbocycles. The van der Waals surface area contributed by atoms with E-state index in [9.17, 15) is 9.59 Å². The van der Waals surface area contributed by atoms with Gasteiger partial charge in [0.05, 0.1) is 5.69 Å². The van der Waals surface area contributed by atoms with Gasteiger partial charge in [0.15, 0.2) is 5.78 Å². The average molecular weight is 317 g/mol. The number of hydrogen-bond acceptors (Lipinski definition) is 2. The van der Waals surface area contributed by atoms with Crippen molar-refractivity contribution < 1.29 is 9.59 Å². The maximum absolute atomic E-state index is 11.4. The topological polar surface area (TPSA) is 46.2 Å². The van der Waals surface area contributed by atoms with Crippen LogP contribution < -0.4 is 5.32 Å². The number of benzene rings is 1. The fraction of sp³-hybridized carbons (Fsp3) is 0.273. The van der Waals surface area contributed by atoms with Crippen LogP contribution in [-0.4, -0.2) is 11.7 Å². The van der Waals surface area contributed by atoms with Crippen molar-refractivity contribution in [1.82, 2.24) is 0 Å². The summed E-state index contributed by atoms with van der Waals surface area (Å²) in [6.45, 7) is 3.29. The van der Waals surface area contributed by atoms with Gasteiger partial charge in [-0.2, -0.15) is 0 Å². The smallest absolute Gasteiger partial charge is 0.221 e. The highest BCUT2D eigenvalue weighted by molar-refractivity contribution is 14.1. The summed E-state index contributed by atoms with van der Waals surface area (Å²) < 4.78 is 0.877. The Morgan fingerprint density at radius 1 is 1.40 bits per heavy atom. The third kappa shape index (κ3) is 3.30. The van der Waals surface area contributed by atoms with E-state index in [-0.39, 0.29) is 11.7 Å². The van der Waals surface area contributed by atoms with Crippen molar-refractivity contribution in [3.05, 3.63) is 27.3 Å². The maximum Gasteiger partial charge on any atom is 0.221 e. The largest absolute Gasteiger partial charge is 0.325 e. The van der Waals surface area contributed by atoms with Crippen molar-refractivity contribution in [2.75, 3.05) is 5.32 Å². The Morgan fingerprint density at radius 2 is 2.07 bits per heavy atom. The quantitative estimate of drug-likeness (QED) is 0.688. The minimum atomic E-state index is -0.109. The molecule has 0 radical (unpaired) electrons. The van der Waals surface area contributed by atoms with E-state index in [2.05, 4.69) is 27.9 Å². The van der Waals surface area contributed by atoms with Gasteiger partial charge in [-0.1, -0.05) is 6.92 Å². The summed E-state index contributed by atoms with van der Waals surface area (Å²) in [5, 5.41) is 2.70. The summed E-state index contributed by atoms with van der Waals surface area (Å²) in [6.07, 6.45) is 0.496. The molecule has 1 N–H and O–H groups in total. The summed E-state index contributed by atoms with van der Waals surface area (Å²) in [6, 6.07) is 5.28. The summed E-state index contributed by atoms with van der Waals surface area (Å²) >= 11 is 2.10. The van der Waals surface area contributed by atoms with Crippen LogP contribution in [-0.2, 0) is 4.79 Å². The van der Waals surface area contributed by atoms with Crippen LogP contribution in [0.3, 0.4) is 0 Å². The molecular formula is C11H12INO2. The zero-order chi connectivity index (χ0) is 11.4. The standard InChI is InChI=1S/C11H12INO2/c1-3-11(15)8-4-5-10(9(12)6-8)13-7(2)14/h4-6H,3H2,1-2H3,(H,13,14). The lowest BCUT2D eigenvalue weighted by Gasteiger charge is -2.06. The molecule has 3 nitrogen and oxygen atoms in total. The molecule has 0 atom stereocenters. The lowest BCUT2D eigenvalue weighted by atomic mass is 10.1. The third-order valence-corrected chi connectivity index (χ3v) is 2.82. The van der Waals surface area contributed by atoms with E-state index in [4.69, 9.17) is 0 Å². The van der Waals surface area contributed by atoms with Crippen LogP contribution in [0.1, 0.15) is 30.6 Å². The van der Waals surface area contributed by atoms with E-state index in [1.54, 1.807) is 18.2 Å². The van der Waals surface area contributed by atoms with Gasteiger partial charge in [-0.05, 0) is 40.8 Å². The van der Waals surface area contributed by atoms with Crippen molar-refractivity contribution >= 4 is 40.0 Å². The van der Waals surface area contributed by atoms with Gasteiger partial charge in [0, 0.05) is 22.5 Å². The monoisotopic (exact) mass is 317 g/mol. The van der Waals surface area contributed by atoms with E-state index in [1.165, 1.54) is 6.92 Å². The van der Waals surface area contributed by atoms with Crippen LogP contribution in [0.5, 0.6) is 0 Å². The second kappa shape index (κ2) is 5.25. The van der Waals surface area contributed by atoms with Crippen LogP contribution in [0.4, 0.5) is 5.69 Å². The van der Waals surface area contributed by atoms with Crippen molar-refractivity contribution in [3.8, 4) is 0 Å². The first-order chi connectivity index (χ1) is 7.04. The number of halogens is 1. The van der Waals surface area contributed by atoms with Gasteiger partial charge in [-0.15, -0.1) is 0 Å². The third-order valence-electron chi connectivity index (χ3n) is 1.92. The number of rotatable bonds is 3. The number of carbonyl (C=O) groups excluding carboxylic acids is 2. The Morgan fingerprint density at radius 3 is 2.53 bits per heavy atom. The molecule has 15 heavy (non-hydrogen) atoms. The normalized spacial score (nSPS) is 9.80. The van der Waals surface area contributed by atoms with Crippen molar-refractivity contribution in [3.63, 3.8) is 0 Å². The van der Waals surface area contributed by atoms with Gasteiger partial charge >= 0.3 is 0 Å². The molecule has 0 aromatic heterocycles. The average Bonchev–Trinajstić information content (AvgIpc) is 2.19. The van der Waals surface area contributed by atoms with E-state index in [1.807, 2.05) is 6.92 Å². The first kappa shape index (κ1) is 12.2. The summed E-state index contributed by atoms with van der Waals surface area (Å²) in [5.74, 6) is 0.00442. The fourth-order valence-corrected chi connectivity index (χ4v) is 1.83. The Hall–Kier alpha value is -0.910. The molecule has 1 aromatic carbocycles. The number of Topliss-reactive ketones (excluding diaryl/α,β-unsaturated/α-hetero) is 1. The van der Waals surface area contributed by atoms with Gasteiger partial charge in [0.1, 0.15) is 0 Å². The van der Waals surface area contributed by atoms with E-state index < -0.39 is 0 Å². The first-order valence-electron chi connectivity index (χ1n) is 4.65.